The Bertz CT molecular complexity index is 111. The number of fused-ring (bicyclic) bond motifs is 1. The molecule has 0 amide bonds. The molecule has 4 fully saturated rings. The van der Waals surface area contributed by atoms with E-state index in [2.05, 4.69) is 0 Å². The van der Waals surface area contributed by atoms with Crippen molar-refractivity contribution in [3.05, 3.63) is 0 Å². The summed E-state index contributed by atoms with van der Waals surface area (Å²) in [5.41, 5.74) is 0. The molecule has 4 aliphatic rings. The summed E-state index contributed by atoms with van der Waals surface area (Å²) < 4.78 is 0. The lowest BCUT2D eigenvalue weighted by Gasteiger charge is -2.34. The zero-order valence-corrected chi connectivity index (χ0v) is 5.84. The second-order valence-electron chi connectivity index (χ2n) is 4.32. The van der Waals surface area contributed by atoms with E-state index in [4.69, 9.17) is 0 Å². The minimum absolute atomic E-state index is 1.19. The van der Waals surface area contributed by atoms with Crippen molar-refractivity contribution in [3.63, 3.8) is 0 Å². The minimum atomic E-state index is 1.19. The van der Waals surface area contributed by atoms with Crippen molar-refractivity contribution < 1.29 is 0 Å². The highest BCUT2D eigenvalue weighted by molar-refractivity contribution is 4.99. The Balaban J connectivity index is 2.01. The van der Waals surface area contributed by atoms with Crippen molar-refractivity contribution in [2.24, 2.45) is 23.7 Å². The molecular formula is C9H14. The van der Waals surface area contributed by atoms with E-state index in [9.17, 15) is 0 Å². The molecule has 50 valence electrons. The molecule has 0 heteroatoms. The van der Waals surface area contributed by atoms with E-state index < -0.39 is 0 Å². The topological polar surface area (TPSA) is 0 Å². The fourth-order valence-electron chi connectivity index (χ4n) is 3.65. The Kier molecular flexibility index (Phi) is 0.717. The molecule has 0 aromatic rings. The van der Waals surface area contributed by atoms with Gasteiger partial charge in [0.1, 0.15) is 0 Å². The Labute approximate surface area is 56.6 Å². The fourth-order valence-corrected chi connectivity index (χ4v) is 3.65. The molecule has 4 bridgehead atoms. The third-order valence-electron chi connectivity index (χ3n) is 4.06. The molecule has 9 heavy (non-hydrogen) atoms. The predicted molar refractivity (Wildman–Crippen MR) is 37.0 cm³/mol. The average Bonchev–Trinajstić information content (AvgIpc) is 2.40. The summed E-state index contributed by atoms with van der Waals surface area (Å²) in [6.07, 6.45) is 8.04. The second kappa shape index (κ2) is 1.36. The van der Waals surface area contributed by atoms with Gasteiger partial charge in [-0.2, -0.15) is 0 Å². The summed E-state index contributed by atoms with van der Waals surface area (Å²) in [7, 11) is 0. The van der Waals surface area contributed by atoms with Gasteiger partial charge in [0.2, 0.25) is 0 Å². The molecule has 4 rings (SSSR count). The van der Waals surface area contributed by atoms with Gasteiger partial charge in [0.15, 0.2) is 0 Å². The van der Waals surface area contributed by atoms with E-state index in [0.29, 0.717) is 0 Å². The maximum absolute atomic E-state index is 1.62. The molecule has 4 saturated carbocycles. The Morgan fingerprint density at radius 1 is 0.556 bits per heavy atom. The first-order chi connectivity index (χ1) is 4.43. The van der Waals surface area contributed by atoms with Gasteiger partial charge in [-0.05, 0) is 55.8 Å². The predicted octanol–water partition coefficient (Wildman–Crippen LogP) is 2.44. The first-order valence-corrected chi connectivity index (χ1v) is 4.43. The van der Waals surface area contributed by atoms with Gasteiger partial charge in [-0.1, -0.05) is 0 Å². The molecule has 0 aromatic carbocycles. The maximum Gasteiger partial charge on any atom is -0.0380 e. The van der Waals surface area contributed by atoms with Gasteiger partial charge in [0, 0.05) is 0 Å². The van der Waals surface area contributed by atoms with Gasteiger partial charge in [-0.15, -0.1) is 0 Å². The lowest BCUT2D eigenvalue weighted by atomic mass is 9.71. The van der Waals surface area contributed by atoms with E-state index in [1.165, 1.54) is 23.7 Å². The van der Waals surface area contributed by atoms with Crippen LogP contribution in [0.1, 0.15) is 32.1 Å². The third kappa shape index (κ3) is 0.461. The standard InChI is InChI=1S/C9H14/c1-2-7-4-8-5-9(7)3-6(1)8/h6-9H,1-5H2. The second-order valence-corrected chi connectivity index (χ2v) is 4.32. The third-order valence-corrected chi connectivity index (χ3v) is 4.06. The number of hydrogen-bond donors (Lipinski definition) is 0. The normalized spacial score (nSPS) is 61.3. The van der Waals surface area contributed by atoms with E-state index >= 15 is 0 Å². The Hall–Kier alpha value is 0. The molecule has 4 atom stereocenters. The quantitative estimate of drug-likeness (QED) is 0.463. The minimum Gasteiger partial charge on any atom is -0.0499 e. The van der Waals surface area contributed by atoms with Gasteiger partial charge in [-0.3, -0.25) is 0 Å². The first kappa shape index (κ1) is 4.76. The zero-order chi connectivity index (χ0) is 5.84. The summed E-state index contributed by atoms with van der Waals surface area (Å²) in [4.78, 5) is 0. The van der Waals surface area contributed by atoms with E-state index in [1.807, 2.05) is 0 Å². The van der Waals surface area contributed by atoms with Crippen LogP contribution in [0.4, 0.5) is 0 Å². The van der Waals surface area contributed by atoms with Crippen LogP contribution in [0, 0.1) is 23.7 Å². The van der Waals surface area contributed by atoms with E-state index in [-0.39, 0.29) is 0 Å². The highest BCUT2D eigenvalue weighted by Gasteiger charge is 2.48. The monoisotopic (exact) mass is 122 g/mol. The molecule has 0 N–H and O–H groups in total. The summed E-state index contributed by atoms with van der Waals surface area (Å²) in [6.45, 7) is 0. The smallest absolute Gasteiger partial charge is 0.0380 e. The largest absolute Gasteiger partial charge is 0.0499 e. The van der Waals surface area contributed by atoms with Gasteiger partial charge >= 0.3 is 0 Å². The summed E-state index contributed by atoms with van der Waals surface area (Å²) in [6, 6.07) is 0. The lowest BCUT2D eigenvalue weighted by molar-refractivity contribution is 0.161. The van der Waals surface area contributed by atoms with Gasteiger partial charge in [-0.25, -0.2) is 0 Å². The summed E-state index contributed by atoms with van der Waals surface area (Å²) in [5, 5.41) is 0. The molecule has 4 aliphatic carbocycles. The van der Waals surface area contributed by atoms with Crippen molar-refractivity contribution in [1.29, 1.82) is 0 Å². The van der Waals surface area contributed by atoms with E-state index in [1.54, 1.807) is 32.1 Å². The Morgan fingerprint density at radius 2 is 1.00 bits per heavy atom. The summed E-state index contributed by atoms with van der Waals surface area (Å²) in [5.74, 6) is 4.79. The molecule has 0 heterocycles. The van der Waals surface area contributed by atoms with Crippen LogP contribution < -0.4 is 0 Å². The van der Waals surface area contributed by atoms with Crippen molar-refractivity contribution in [2.45, 2.75) is 32.1 Å². The highest BCUT2D eigenvalue weighted by Crippen LogP contribution is 2.59. The van der Waals surface area contributed by atoms with Gasteiger partial charge in [0.25, 0.3) is 0 Å². The van der Waals surface area contributed by atoms with Crippen LogP contribution >= 0.6 is 0 Å². The van der Waals surface area contributed by atoms with E-state index in [0.717, 1.165) is 0 Å². The van der Waals surface area contributed by atoms with Crippen molar-refractivity contribution >= 4 is 0 Å². The number of hydrogen-bond acceptors (Lipinski definition) is 0. The van der Waals surface area contributed by atoms with Gasteiger partial charge in [0.05, 0.1) is 0 Å². The Morgan fingerprint density at radius 3 is 1.33 bits per heavy atom. The fraction of sp³-hybridized carbons (Fsp3) is 1.00. The first-order valence-electron chi connectivity index (χ1n) is 4.43. The number of rotatable bonds is 0. The summed E-state index contributed by atoms with van der Waals surface area (Å²) >= 11 is 0. The zero-order valence-electron chi connectivity index (χ0n) is 5.84. The molecule has 4 unspecified atom stereocenters. The SMILES string of the molecule is C1CC2CC3CC2CC13. The van der Waals surface area contributed by atoms with Crippen LogP contribution in [0.2, 0.25) is 0 Å². The van der Waals surface area contributed by atoms with Crippen LogP contribution in [-0.2, 0) is 0 Å². The highest BCUT2D eigenvalue weighted by atomic mass is 14.5. The van der Waals surface area contributed by atoms with Crippen LogP contribution in [0.3, 0.4) is 0 Å². The molecule has 0 radical (unpaired) electrons. The maximum atomic E-state index is 1.62. The lowest BCUT2D eigenvalue weighted by Crippen LogP contribution is -2.24. The molecular weight excluding hydrogens is 108 g/mol. The molecule has 0 saturated heterocycles. The van der Waals surface area contributed by atoms with Crippen LogP contribution in [-0.4, -0.2) is 0 Å². The van der Waals surface area contributed by atoms with Crippen molar-refractivity contribution in [3.8, 4) is 0 Å². The van der Waals surface area contributed by atoms with Crippen LogP contribution in [0.15, 0.2) is 0 Å². The van der Waals surface area contributed by atoms with Crippen molar-refractivity contribution in [1.82, 2.24) is 0 Å². The molecule has 0 nitrogen and oxygen atoms in total. The average molecular weight is 122 g/mol. The molecule has 0 spiro atoms. The molecule has 0 aromatic heterocycles. The molecule has 0 aliphatic heterocycles. The van der Waals surface area contributed by atoms with Crippen LogP contribution in [0.25, 0.3) is 0 Å². The van der Waals surface area contributed by atoms with Gasteiger partial charge < -0.3 is 0 Å². The van der Waals surface area contributed by atoms with Crippen molar-refractivity contribution in [2.75, 3.05) is 0 Å². The van der Waals surface area contributed by atoms with Crippen LogP contribution in [0.5, 0.6) is 0 Å².